The highest BCUT2D eigenvalue weighted by atomic mass is 32.2. The molecule has 0 aliphatic rings. The number of thioether (sulfide) groups is 1. The number of carbonyl (C=O) groups excluding carboxylic acids is 1. The van der Waals surface area contributed by atoms with Crippen LogP contribution in [0.2, 0.25) is 0 Å². The molecule has 0 fully saturated rings. The average Bonchev–Trinajstić information content (AvgIpc) is 2.45. The predicted molar refractivity (Wildman–Crippen MR) is 76.7 cm³/mol. The fourth-order valence-corrected chi connectivity index (χ4v) is 2.46. The van der Waals surface area contributed by atoms with E-state index >= 15 is 0 Å². The lowest BCUT2D eigenvalue weighted by molar-refractivity contribution is -0.115. The zero-order chi connectivity index (χ0) is 15.4. The summed E-state index contributed by atoms with van der Waals surface area (Å²) >= 11 is 1.24. The van der Waals surface area contributed by atoms with Gasteiger partial charge >= 0.3 is 0 Å². The van der Waals surface area contributed by atoms with Crippen LogP contribution in [0.4, 0.5) is 18.9 Å². The van der Waals surface area contributed by atoms with Crippen molar-refractivity contribution in [1.29, 1.82) is 0 Å². The summed E-state index contributed by atoms with van der Waals surface area (Å²) in [7, 11) is 0. The van der Waals surface area contributed by atoms with Crippen LogP contribution in [0, 0.1) is 17.5 Å². The van der Waals surface area contributed by atoms with Crippen LogP contribution in [-0.2, 0) is 4.79 Å². The quantitative estimate of drug-likeness (QED) is 0.856. The van der Waals surface area contributed by atoms with Crippen molar-refractivity contribution < 1.29 is 18.0 Å². The Morgan fingerprint density at radius 3 is 2.33 bits per heavy atom. The minimum absolute atomic E-state index is 0.186. The van der Waals surface area contributed by atoms with Gasteiger partial charge in [-0.2, -0.15) is 0 Å². The maximum Gasteiger partial charge on any atom is 0.237 e. The summed E-state index contributed by atoms with van der Waals surface area (Å²) in [6.45, 7) is 1.67. The zero-order valence-corrected chi connectivity index (χ0v) is 11.9. The number of carbonyl (C=O) groups is 1. The number of anilines is 1. The minimum atomic E-state index is -1.02. The minimum Gasteiger partial charge on any atom is -0.325 e. The number of benzene rings is 2. The molecular formula is C15H12F3NOS. The third-order valence-electron chi connectivity index (χ3n) is 2.68. The Labute approximate surface area is 124 Å². The molecule has 0 aliphatic carbocycles. The molecule has 2 aromatic rings. The predicted octanol–water partition coefficient (Wildman–Crippen LogP) is 4.22. The van der Waals surface area contributed by atoms with Gasteiger partial charge in [0.05, 0.1) is 5.25 Å². The molecule has 0 heterocycles. The Morgan fingerprint density at radius 2 is 1.71 bits per heavy atom. The lowest BCUT2D eigenvalue weighted by Crippen LogP contribution is -2.22. The Bertz CT molecular complexity index is 646. The Balaban J connectivity index is 1.98. The summed E-state index contributed by atoms with van der Waals surface area (Å²) in [5.74, 6) is -2.69. The average molecular weight is 311 g/mol. The Morgan fingerprint density at radius 1 is 1.05 bits per heavy atom. The summed E-state index contributed by atoms with van der Waals surface area (Å²) in [4.78, 5) is 12.7. The van der Waals surface area contributed by atoms with Crippen molar-refractivity contribution in [2.24, 2.45) is 0 Å². The van der Waals surface area contributed by atoms with E-state index in [9.17, 15) is 18.0 Å². The lowest BCUT2D eigenvalue weighted by Gasteiger charge is -2.12. The molecule has 1 atom stereocenters. The highest BCUT2D eigenvalue weighted by molar-refractivity contribution is 8.00. The molecule has 0 aliphatic heterocycles. The second kappa shape index (κ2) is 6.67. The monoisotopic (exact) mass is 311 g/mol. The maximum atomic E-state index is 13.0. The lowest BCUT2D eigenvalue weighted by atomic mass is 10.3. The molecule has 0 radical (unpaired) electrons. The molecule has 6 heteroatoms. The van der Waals surface area contributed by atoms with Crippen LogP contribution in [0.15, 0.2) is 47.4 Å². The van der Waals surface area contributed by atoms with Gasteiger partial charge in [-0.25, -0.2) is 13.2 Å². The van der Waals surface area contributed by atoms with Gasteiger partial charge in [-0.05, 0) is 43.3 Å². The van der Waals surface area contributed by atoms with E-state index in [0.29, 0.717) is 0 Å². The number of amides is 1. The first-order chi connectivity index (χ1) is 9.95. The maximum absolute atomic E-state index is 13.0. The highest BCUT2D eigenvalue weighted by Gasteiger charge is 2.15. The van der Waals surface area contributed by atoms with E-state index in [4.69, 9.17) is 0 Å². The van der Waals surface area contributed by atoms with E-state index in [1.165, 1.54) is 30.0 Å². The number of hydrogen-bond acceptors (Lipinski definition) is 2. The number of hydrogen-bond donors (Lipinski definition) is 1. The van der Waals surface area contributed by atoms with E-state index < -0.39 is 16.9 Å². The van der Waals surface area contributed by atoms with Crippen molar-refractivity contribution in [1.82, 2.24) is 0 Å². The van der Waals surface area contributed by atoms with Gasteiger partial charge in [-0.3, -0.25) is 4.79 Å². The van der Waals surface area contributed by atoms with E-state index in [1.807, 2.05) is 0 Å². The molecule has 0 spiro atoms. The summed E-state index contributed by atoms with van der Waals surface area (Å²) in [6.07, 6.45) is 0. The molecule has 2 nitrogen and oxygen atoms in total. The van der Waals surface area contributed by atoms with Crippen molar-refractivity contribution in [3.8, 4) is 0 Å². The molecular weight excluding hydrogens is 299 g/mol. The van der Waals surface area contributed by atoms with Crippen LogP contribution in [0.3, 0.4) is 0 Å². The normalized spacial score (nSPS) is 12.0. The van der Waals surface area contributed by atoms with Gasteiger partial charge in [-0.1, -0.05) is 0 Å². The summed E-state index contributed by atoms with van der Waals surface area (Å²) in [6, 6.07) is 8.91. The second-order valence-corrected chi connectivity index (χ2v) is 5.75. The van der Waals surface area contributed by atoms with E-state index in [0.717, 1.165) is 17.0 Å². The molecule has 2 rings (SSSR count). The molecule has 0 bridgehead atoms. The van der Waals surface area contributed by atoms with Crippen molar-refractivity contribution >= 4 is 23.4 Å². The number of halogens is 3. The molecule has 0 saturated carbocycles. The van der Waals surface area contributed by atoms with E-state index in [1.54, 1.807) is 19.1 Å². The van der Waals surface area contributed by atoms with Crippen molar-refractivity contribution in [2.45, 2.75) is 17.1 Å². The van der Waals surface area contributed by atoms with Gasteiger partial charge in [0.2, 0.25) is 5.91 Å². The van der Waals surface area contributed by atoms with Crippen molar-refractivity contribution in [2.75, 3.05) is 5.32 Å². The first kappa shape index (κ1) is 15.4. The third-order valence-corrected chi connectivity index (χ3v) is 3.79. The third kappa shape index (κ3) is 4.26. The van der Waals surface area contributed by atoms with Gasteiger partial charge in [0.1, 0.15) is 5.82 Å². The first-order valence-electron chi connectivity index (χ1n) is 6.14. The molecule has 1 N–H and O–H groups in total. The first-order valence-corrected chi connectivity index (χ1v) is 7.02. The standard InChI is InChI=1S/C15H12F3NOS/c1-9(21-12-5-2-10(16)3-6-12)15(20)19-11-4-7-13(17)14(18)8-11/h2-9H,1H3,(H,19,20). The van der Waals surface area contributed by atoms with E-state index in [2.05, 4.69) is 5.32 Å². The van der Waals surface area contributed by atoms with Crippen LogP contribution >= 0.6 is 11.8 Å². The SMILES string of the molecule is CC(Sc1ccc(F)cc1)C(=O)Nc1ccc(F)c(F)c1. The molecule has 1 amide bonds. The van der Waals surface area contributed by atoms with Gasteiger partial charge in [0.15, 0.2) is 11.6 Å². The van der Waals surface area contributed by atoms with Crippen LogP contribution in [0.1, 0.15) is 6.92 Å². The fourth-order valence-electron chi connectivity index (χ4n) is 1.59. The molecule has 0 aromatic heterocycles. The topological polar surface area (TPSA) is 29.1 Å². The van der Waals surface area contributed by atoms with Crippen LogP contribution in [0.25, 0.3) is 0 Å². The van der Waals surface area contributed by atoms with Crippen LogP contribution in [-0.4, -0.2) is 11.2 Å². The van der Waals surface area contributed by atoms with Crippen molar-refractivity contribution in [3.63, 3.8) is 0 Å². The van der Waals surface area contributed by atoms with Crippen molar-refractivity contribution in [3.05, 3.63) is 59.9 Å². The smallest absolute Gasteiger partial charge is 0.237 e. The Hall–Kier alpha value is -1.95. The molecule has 2 aromatic carbocycles. The van der Waals surface area contributed by atoms with Gasteiger partial charge in [0.25, 0.3) is 0 Å². The van der Waals surface area contributed by atoms with Gasteiger partial charge in [-0.15, -0.1) is 11.8 Å². The van der Waals surface area contributed by atoms with E-state index in [-0.39, 0.29) is 17.4 Å². The number of rotatable bonds is 4. The highest BCUT2D eigenvalue weighted by Crippen LogP contribution is 2.24. The largest absolute Gasteiger partial charge is 0.325 e. The summed E-state index contributed by atoms with van der Waals surface area (Å²) in [5.41, 5.74) is 0.186. The fraction of sp³-hybridized carbons (Fsp3) is 0.133. The van der Waals surface area contributed by atoms with Gasteiger partial charge in [0, 0.05) is 16.6 Å². The van der Waals surface area contributed by atoms with Gasteiger partial charge < -0.3 is 5.32 Å². The number of nitrogens with one attached hydrogen (secondary N) is 1. The zero-order valence-electron chi connectivity index (χ0n) is 11.1. The summed E-state index contributed by atoms with van der Waals surface area (Å²) < 4.78 is 38.6. The van der Waals surface area contributed by atoms with Crippen LogP contribution in [0.5, 0.6) is 0 Å². The molecule has 0 saturated heterocycles. The second-order valence-electron chi connectivity index (χ2n) is 4.33. The van der Waals surface area contributed by atoms with Crippen LogP contribution < -0.4 is 5.32 Å². The molecule has 21 heavy (non-hydrogen) atoms. The Kier molecular flexibility index (Phi) is 4.90. The summed E-state index contributed by atoms with van der Waals surface area (Å²) in [5, 5.41) is 2.03. The molecule has 1 unspecified atom stereocenters. The molecule has 110 valence electrons.